The van der Waals surface area contributed by atoms with Crippen LogP contribution in [0.5, 0.6) is 0 Å². The predicted molar refractivity (Wildman–Crippen MR) is 116 cm³/mol. The summed E-state index contributed by atoms with van der Waals surface area (Å²) in [7, 11) is 2.10. The molecule has 0 radical (unpaired) electrons. The van der Waals surface area contributed by atoms with E-state index in [0.29, 0.717) is 0 Å². The molecule has 5 nitrogen and oxygen atoms in total. The summed E-state index contributed by atoms with van der Waals surface area (Å²) in [6, 6.07) is 14.8. The molecular weight excluding hydrogens is 377 g/mol. The number of nitrogens with zero attached hydrogens (tertiary/aromatic N) is 4. The van der Waals surface area contributed by atoms with Crippen molar-refractivity contribution in [2.45, 2.75) is 33.5 Å². The van der Waals surface area contributed by atoms with Gasteiger partial charge in [-0.3, -0.25) is 4.90 Å². The molecular formula is C24H27FN5+. The minimum absolute atomic E-state index is 0.244. The number of nitrogens with one attached hydrogen (secondary N) is 1. The molecule has 0 unspecified atom stereocenters. The van der Waals surface area contributed by atoms with Crippen LogP contribution in [-0.2, 0) is 19.6 Å². The maximum absolute atomic E-state index is 13.5. The van der Waals surface area contributed by atoms with Crippen LogP contribution in [0.2, 0.25) is 0 Å². The molecule has 0 fully saturated rings. The molecule has 0 atom stereocenters. The Balaban J connectivity index is 1.66. The number of benzene rings is 2. The highest BCUT2D eigenvalue weighted by Gasteiger charge is 2.17. The van der Waals surface area contributed by atoms with Gasteiger partial charge in [-0.2, -0.15) is 5.10 Å². The summed E-state index contributed by atoms with van der Waals surface area (Å²) in [4.78, 5) is 5.57. The van der Waals surface area contributed by atoms with Crippen LogP contribution in [0.15, 0.2) is 67.1 Å². The third-order valence-electron chi connectivity index (χ3n) is 5.26. The number of rotatable bonds is 7. The van der Waals surface area contributed by atoms with E-state index in [-0.39, 0.29) is 5.82 Å². The number of H-pyrrole nitrogens is 1. The zero-order valence-corrected chi connectivity index (χ0v) is 17.6. The van der Waals surface area contributed by atoms with E-state index in [1.807, 2.05) is 10.9 Å². The maximum atomic E-state index is 13.5. The molecule has 2 aromatic heterocycles. The Hall–Kier alpha value is -3.25. The second kappa shape index (κ2) is 8.63. The van der Waals surface area contributed by atoms with Crippen LogP contribution in [0.4, 0.5) is 4.39 Å². The molecule has 0 aliphatic carbocycles. The number of aromatic amines is 1. The minimum atomic E-state index is -0.244. The van der Waals surface area contributed by atoms with Gasteiger partial charge in [0.1, 0.15) is 24.8 Å². The normalized spacial score (nSPS) is 11.4. The predicted octanol–water partition coefficient (Wildman–Crippen LogP) is 4.25. The third kappa shape index (κ3) is 4.33. The third-order valence-corrected chi connectivity index (χ3v) is 5.26. The van der Waals surface area contributed by atoms with Crippen LogP contribution in [0.1, 0.15) is 23.9 Å². The first-order chi connectivity index (χ1) is 14.5. The van der Waals surface area contributed by atoms with Crippen molar-refractivity contribution in [1.29, 1.82) is 0 Å². The van der Waals surface area contributed by atoms with Gasteiger partial charge in [0.25, 0.3) is 5.82 Å². The lowest BCUT2D eigenvalue weighted by atomic mass is 10.1. The highest BCUT2D eigenvalue weighted by atomic mass is 19.1. The summed E-state index contributed by atoms with van der Waals surface area (Å²) in [5.74, 6) is 0.917. The molecule has 0 aliphatic rings. The summed E-state index contributed by atoms with van der Waals surface area (Å²) >= 11 is 0. The van der Waals surface area contributed by atoms with Gasteiger partial charge in [0, 0.05) is 23.9 Å². The van der Waals surface area contributed by atoms with E-state index in [1.54, 1.807) is 12.1 Å². The van der Waals surface area contributed by atoms with Crippen LogP contribution in [-0.4, -0.2) is 26.7 Å². The smallest absolute Gasteiger partial charge is 0.268 e. The fraction of sp³-hybridized carbons (Fsp3) is 0.250. The second-order valence-corrected chi connectivity index (χ2v) is 7.66. The number of imidazole rings is 1. The summed E-state index contributed by atoms with van der Waals surface area (Å²) < 4.78 is 17.6. The SMILES string of the molecule is CC[n+]1cc[nH]c1CN(C)Cc1cn(-c2ccc(C)cc2)nc1-c1ccc(F)cc1. The van der Waals surface area contributed by atoms with E-state index in [2.05, 4.69) is 72.0 Å². The van der Waals surface area contributed by atoms with Crippen LogP contribution < -0.4 is 4.57 Å². The topological polar surface area (TPSA) is 40.7 Å². The average molecular weight is 405 g/mol. The highest BCUT2D eigenvalue weighted by Crippen LogP contribution is 2.25. The molecule has 0 saturated carbocycles. The van der Waals surface area contributed by atoms with Crippen LogP contribution in [0.25, 0.3) is 16.9 Å². The highest BCUT2D eigenvalue weighted by molar-refractivity contribution is 5.63. The van der Waals surface area contributed by atoms with E-state index < -0.39 is 0 Å². The van der Waals surface area contributed by atoms with Gasteiger partial charge in [0.15, 0.2) is 0 Å². The van der Waals surface area contributed by atoms with Crippen molar-refractivity contribution >= 4 is 0 Å². The Morgan fingerprint density at radius 1 is 1.07 bits per heavy atom. The first kappa shape index (κ1) is 20.0. The molecule has 0 saturated heterocycles. The quantitative estimate of drug-likeness (QED) is 0.468. The molecule has 1 N–H and O–H groups in total. The van der Waals surface area contributed by atoms with Crippen molar-refractivity contribution in [2.24, 2.45) is 0 Å². The zero-order valence-electron chi connectivity index (χ0n) is 17.6. The summed E-state index contributed by atoms with van der Waals surface area (Å²) in [6.07, 6.45) is 6.09. The van der Waals surface area contributed by atoms with Crippen molar-refractivity contribution < 1.29 is 8.96 Å². The van der Waals surface area contributed by atoms with Gasteiger partial charge in [-0.15, -0.1) is 0 Å². The number of aromatic nitrogens is 4. The van der Waals surface area contributed by atoms with Gasteiger partial charge >= 0.3 is 0 Å². The number of aryl methyl sites for hydroxylation is 2. The Bertz CT molecular complexity index is 1110. The fourth-order valence-electron chi connectivity index (χ4n) is 3.64. The molecule has 0 bridgehead atoms. The summed E-state index contributed by atoms with van der Waals surface area (Å²) in [6.45, 7) is 6.65. The Labute approximate surface area is 176 Å². The van der Waals surface area contributed by atoms with Gasteiger partial charge < -0.3 is 0 Å². The van der Waals surface area contributed by atoms with Crippen molar-refractivity contribution in [3.8, 4) is 16.9 Å². The standard InChI is InChI=1S/C24H26FN5/c1-4-29-14-13-26-23(29)17-28(3)15-20-16-30(22-11-5-18(2)6-12-22)27-24(20)19-7-9-21(25)10-8-19/h5-14,16H,4,15,17H2,1-3H3/p+1. The van der Waals surface area contributed by atoms with Gasteiger partial charge in [-0.05, 0) is 57.3 Å². The van der Waals surface area contributed by atoms with Crippen molar-refractivity contribution in [2.75, 3.05) is 7.05 Å². The van der Waals surface area contributed by atoms with Crippen molar-refractivity contribution in [3.05, 3.63) is 89.9 Å². The van der Waals surface area contributed by atoms with Crippen LogP contribution >= 0.6 is 0 Å². The number of hydrogen-bond acceptors (Lipinski definition) is 2. The first-order valence-corrected chi connectivity index (χ1v) is 10.2. The molecule has 30 heavy (non-hydrogen) atoms. The van der Waals surface area contributed by atoms with E-state index in [9.17, 15) is 4.39 Å². The van der Waals surface area contributed by atoms with Crippen molar-refractivity contribution in [3.63, 3.8) is 0 Å². The number of hydrogen-bond donors (Lipinski definition) is 1. The molecule has 2 aromatic carbocycles. The lowest BCUT2D eigenvalue weighted by Gasteiger charge is -2.14. The first-order valence-electron chi connectivity index (χ1n) is 10.2. The molecule has 0 amide bonds. The van der Waals surface area contributed by atoms with E-state index >= 15 is 0 Å². The van der Waals surface area contributed by atoms with Crippen molar-refractivity contribution in [1.82, 2.24) is 19.7 Å². The summed E-state index contributed by atoms with van der Waals surface area (Å²) in [5.41, 5.74) is 5.09. The molecule has 4 rings (SSSR count). The maximum Gasteiger partial charge on any atom is 0.268 e. The molecule has 4 aromatic rings. The Kier molecular flexibility index (Phi) is 5.77. The molecule has 2 heterocycles. The summed E-state index contributed by atoms with van der Waals surface area (Å²) in [5, 5.41) is 4.85. The molecule has 0 spiro atoms. The molecule has 0 aliphatic heterocycles. The lowest BCUT2D eigenvalue weighted by Crippen LogP contribution is -2.37. The van der Waals surface area contributed by atoms with Crippen LogP contribution in [0, 0.1) is 12.7 Å². The second-order valence-electron chi connectivity index (χ2n) is 7.66. The fourth-order valence-corrected chi connectivity index (χ4v) is 3.64. The monoisotopic (exact) mass is 404 g/mol. The van der Waals surface area contributed by atoms with Gasteiger partial charge in [0.05, 0.1) is 17.9 Å². The molecule has 6 heteroatoms. The average Bonchev–Trinajstić information content (AvgIpc) is 3.36. The number of halogens is 1. The van der Waals surface area contributed by atoms with E-state index in [1.165, 1.54) is 17.7 Å². The minimum Gasteiger partial charge on any atom is -0.291 e. The van der Waals surface area contributed by atoms with Gasteiger partial charge in [-0.25, -0.2) is 18.6 Å². The zero-order chi connectivity index (χ0) is 21.1. The van der Waals surface area contributed by atoms with Gasteiger partial charge in [0.2, 0.25) is 0 Å². The van der Waals surface area contributed by atoms with Gasteiger partial charge in [-0.1, -0.05) is 17.7 Å². The Morgan fingerprint density at radius 2 is 1.80 bits per heavy atom. The largest absolute Gasteiger partial charge is 0.291 e. The molecule has 154 valence electrons. The van der Waals surface area contributed by atoms with E-state index in [4.69, 9.17) is 5.10 Å². The Morgan fingerprint density at radius 3 is 2.50 bits per heavy atom. The lowest BCUT2D eigenvalue weighted by molar-refractivity contribution is -0.700. The van der Waals surface area contributed by atoms with Crippen LogP contribution in [0.3, 0.4) is 0 Å². The van der Waals surface area contributed by atoms with E-state index in [0.717, 1.165) is 48.0 Å².